The van der Waals surface area contributed by atoms with Crippen molar-refractivity contribution in [2.45, 2.75) is 46.0 Å². The second kappa shape index (κ2) is 9.65. The largest absolute Gasteiger partial charge is 0.466 e. The van der Waals surface area contributed by atoms with Crippen LogP contribution in [0.1, 0.15) is 54.2 Å². The van der Waals surface area contributed by atoms with Gasteiger partial charge in [0.05, 0.1) is 24.4 Å². The van der Waals surface area contributed by atoms with E-state index in [0.29, 0.717) is 28.7 Å². The molecular weight excluding hydrogens is 390 g/mol. The number of rotatable bonds is 7. The summed E-state index contributed by atoms with van der Waals surface area (Å²) < 4.78 is 4.90. The van der Waals surface area contributed by atoms with E-state index in [-0.39, 0.29) is 24.1 Å². The van der Waals surface area contributed by atoms with Crippen LogP contribution in [0, 0.1) is 12.8 Å². The monoisotopic (exact) mass is 415 g/mol. The van der Waals surface area contributed by atoms with Crippen molar-refractivity contribution in [2.75, 3.05) is 17.2 Å². The Balaban J connectivity index is 1.66. The average Bonchev–Trinajstić information content (AvgIpc) is 3.35. The summed E-state index contributed by atoms with van der Waals surface area (Å²) in [5.74, 6) is -0.235. The fourth-order valence-corrected chi connectivity index (χ4v) is 4.14. The van der Waals surface area contributed by atoms with E-state index in [2.05, 4.69) is 15.6 Å². The molecule has 0 unspecified atom stereocenters. The van der Waals surface area contributed by atoms with Gasteiger partial charge in [0.2, 0.25) is 0 Å². The normalized spacial score (nSPS) is 13.9. The van der Waals surface area contributed by atoms with Crippen molar-refractivity contribution in [1.82, 2.24) is 4.98 Å². The predicted octanol–water partition coefficient (Wildman–Crippen LogP) is 4.57. The second-order valence-corrected chi connectivity index (χ2v) is 7.96. The van der Waals surface area contributed by atoms with Gasteiger partial charge in [-0.15, -0.1) is 11.3 Å². The molecule has 0 atom stereocenters. The van der Waals surface area contributed by atoms with Crippen LogP contribution in [0.4, 0.5) is 15.6 Å². The first-order valence-electron chi connectivity index (χ1n) is 9.79. The maximum atomic E-state index is 12.9. The van der Waals surface area contributed by atoms with Gasteiger partial charge in [0.15, 0.2) is 10.9 Å². The van der Waals surface area contributed by atoms with Crippen LogP contribution in [0.15, 0.2) is 23.6 Å². The van der Waals surface area contributed by atoms with Gasteiger partial charge in [-0.2, -0.15) is 0 Å². The molecule has 2 amide bonds. The smallest absolute Gasteiger partial charge is 0.325 e. The second-order valence-electron chi connectivity index (χ2n) is 7.10. The zero-order valence-corrected chi connectivity index (χ0v) is 17.4. The van der Waals surface area contributed by atoms with Crippen LogP contribution < -0.4 is 10.6 Å². The maximum Gasteiger partial charge on any atom is 0.325 e. The third-order valence-electron chi connectivity index (χ3n) is 4.82. The molecule has 1 aromatic heterocycles. The number of ether oxygens (including phenoxy) is 1. The molecule has 154 valence electrons. The summed E-state index contributed by atoms with van der Waals surface area (Å²) in [4.78, 5) is 41.1. The molecule has 0 aliphatic heterocycles. The van der Waals surface area contributed by atoms with E-state index in [1.165, 1.54) is 11.3 Å². The summed E-state index contributed by atoms with van der Waals surface area (Å²) in [7, 11) is 0. The van der Waals surface area contributed by atoms with Gasteiger partial charge < -0.3 is 10.1 Å². The van der Waals surface area contributed by atoms with Crippen molar-refractivity contribution in [2.24, 2.45) is 5.92 Å². The van der Waals surface area contributed by atoms with Crippen LogP contribution in [0.3, 0.4) is 0 Å². The van der Waals surface area contributed by atoms with E-state index in [0.717, 1.165) is 31.2 Å². The zero-order chi connectivity index (χ0) is 20.8. The summed E-state index contributed by atoms with van der Waals surface area (Å²) in [6, 6.07) is 4.97. The van der Waals surface area contributed by atoms with Gasteiger partial charge in [-0.05, 0) is 38.8 Å². The number of amides is 2. The molecule has 29 heavy (non-hydrogen) atoms. The highest BCUT2D eigenvalue weighted by atomic mass is 32.1. The third kappa shape index (κ3) is 5.63. The number of Topliss-reactive ketones (excluding diaryl/α,β-unsaturated/α-hetero) is 1. The van der Waals surface area contributed by atoms with Crippen LogP contribution in [0.2, 0.25) is 0 Å². The number of hydrogen-bond donors (Lipinski definition) is 2. The number of benzene rings is 1. The molecule has 7 nitrogen and oxygen atoms in total. The van der Waals surface area contributed by atoms with Crippen molar-refractivity contribution < 1.29 is 19.1 Å². The lowest BCUT2D eigenvalue weighted by atomic mass is 9.94. The van der Waals surface area contributed by atoms with Crippen molar-refractivity contribution in [3.05, 3.63) is 40.4 Å². The molecule has 3 rings (SSSR count). The molecule has 1 saturated carbocycles. The van der Waals surface area contributed by atoms with E-state index in [4.69, 9.17) is 4.74 Å². The molecule has 0 radical (unpaired) electrons. The van der Waals surface area contributed by atoms with E-state index in [1.807, 2.05) is 19.1 Å². The number of nitrogens with zero attached hydrogens (tertiary/aromatic N) is 1. The fraction of sp³-hybridized carbons (Fsp3) is 0.429. The highest BCUT2D eigenvalue weighted by Crippen LogP contribution is 2.31. The van der Waals surface area contributed by atoms with Crippen LogP contribution in [-0.2, 0) is 16.0 Å². The standard InChI is InChI=1S/C21H25N3O4S/c1-3-28-18(25)11-15-12-29-21(22-15)24-20(27)23-17-9-8-13(2)10-16(17)19(26)14-6-4-5-7-14/h8-10,12,14H,3-7,11H2,1-2H3,(H2,22,23,24,27). The number of aromatic nitrogens is 1. The number of anilines is 2. The van der Waals surface area contributed by atoms with Gasteiger partial charge in [0.25, 0.3) is 0 Å². The molecular formula is C21H25N3O4S. The molecule has 0 bridgehead atoms. The van der Waals surface area contributed by atoms with Crippen LogP contribution in [0.25, 0.3) is 0 Å². The van der Waals surface area contributed by atoms with Crippen LogP contribution in [0.5, 0.6) is 0 Å². The average molecular weight is 416 g/mol. The fourth-order valence-electron chi connectivity index (χ4n) is 3.44. The quantitative estimate of drug-likeness (QED) is 0.510. The van der Waals surface area contributed by atoms with E-state index < -0.39 is 6.03 Å². The van der Waals surface area contributed by atoms with E-state index in [9.17, 15) is 14.4 Å². The van der Waals surface area contributed by atoms with Crippen LogP contribution in [-0.4, -0.2) is 29.4 Å². The van der Waals surface area contributed by atoms with Crippen LogP contribution >= 0.6 is 11.3 Å². The molecule has 8 heteroatoms. The highest BCUT2D eigenvalue weighted by Gasteiger charge is 2.26. The molecule has 1 heterocycles. The molecule has 1 aromatic carbocycles. The third-order valence-corrected chi connectivity index (χ3v) is 5.62. The molecule has 0 spiro atoms. The van der Waals surface area contributed by atoms with Crippen molar-refractivity contribution in [3.63, 3.8) is 0 Å². The topological polar surface area (TPSA) is 97.4 Å². The summed E-state index contributed by atoms with van der Waals surface area (Å²) in [5.41, 5.74) is 2.56. The molecule has 1 aliphatic rings. The van der Waals surface area contributed by atoms with Crippen molar-refractivity contribution in [3.8, 4) is 0 Å². The van der Waals surface area contributed by atoms with E-state index >= 15 is 0 Å². The highest BCUT2D eigenvalue weighted by molar-refractivity contribution is 7.14. The SMILES string of the molecule is CCOC(=O)Cc1csc(NC(=O)Nc2ccc(C)cc2C(=O)C2CCCC2)n1. The van der Waals surface area contributed by atoms with E-state index in [1.54, 1.807) is 18.4 Å². The van der Waals surface area contributed by atoms with Gasteiger partial charge in [-0.3, -0.25) is 14.9 Å². The van der Waals surface area contributed by atoms with Gasteiger partial charge in [-0.1, -0.05) is 24.5 Å². The number of urea groups is 1. The Bertz CT molecular complexity index is 903. The first-order chi connectivity index (χ1) is 14.0. The first-order valence-corrected chi connectivity index (χ1v) is 10.7. The molecule has 1 aliphatic carbocycles. The lowest BCUT2D eigenvalue weighted by Crippen LogP contribution is -2.22. The number of aryl methyl sites for hydroxylation is 1. The lowest BCUT2D eigenvalue weighted by molar-refractivity contribution is -0.142. The van der Waals surface area contributed by atoms with Gasteiger partial charge >= 0.3 is 12.0 Å². The Morgan fingerprint density at radius 2 is 1.97 bits per heavy atom. The minimum Gasteiger partial charge on any atom is -0.466 e. The Morgan fingerprint density at radius 1 is 1.21 bits per heavy atom. The van der Waals surface area contributed by atoms with Gasteiger partial charge in [0.1, 0.15) is 0 Å². The number of carbonyl (C=O) groups excluding carboxylic acids is 3. The van der Waals surface area contributed by atoms with Crippen molar-refractivity contribution in [1.29, 1.82) is 0 Å². The number of hydrogen-bond acceptors (Lipinski definition) is 6. The Morgan fingerprint density at radius 3 is 2.69 bits per heavy atom. The number of thiazole rings is 1. The number of nitrogens with one attached hydrogen (secondary N) is 2. The molecule has 2 N–H and O–H groups in total. The Labute approximate surface area is 173 Å². The summed E-state index contributed by atoms with van der Waals surface area (Å²) in [6.45, 7) is 3.98. The lowest BCUT2D eigenvalue weighted by Gasteiger charge is -2.14. The molecule has 2 aromatic rings. The Hall–Kier alpha value is -2.74. The minimum absolute atomic E-state index is 0.0322. The minimum atomic E-state index is -0.480. The number of ketones is 1. The maximum absolute atomic E-state index is 12.9. The van der Waals surface area contributed by atoms with Gasteiger partial charge in [0, 0.05) is 16.9 Å². The van der Waals surface area contributed by atoms with Crippen molar-refractivity contribution >= 4 is 39.9 Å². The Kier molecular flexibility index (Phi) is 6.98. The predicted molar refractivity (Wildman–Crippen MR) is 113 cm³/mol. The molecule has 1 fully saturated rings. The summed E-state index contributed by atoms with van der Waals surface area (Å²) in [6.07, 6.45) is 4.01. The first kappa shape index (κ1) is 21.0. The summed E-state index contributed by atoms with van der Waals surface area (Å²) in [5, 5.41) is 7.50. The zero-order valence-electron chi connectivity index (χ0n) is 16.6. The number of esters is 1. The van der Waals surface area contributed by atoms with Gasteiger partial charge in [-0.25, -0.2) is 9.78 Å². The summed E-state index contributed by atoms with van der Waals surface area (Å²) >= 11 is 1.22. The number of carbonyl (C=O) groups is 3. The molecule has 0 saturated heterocycles.